The van der Waals surface area contributed by atoms with Gasteiger partial charge in [0.2, 0.25) is 11.8 Å². The van der Waals surface area contributed by atoms with Crippen LogP contribution in [0, 0.1) is 0 Å². The predicted molar refractivity (Wildman–Crippen MR) is 110 cm³/mol. The normalized spacial score (nSPS) is 18.4. The molecule has 1 heterocycles. The number of amides is 2. The number of ether oxygens (including phenoxy) is 3. The molecule has 32 heavy (non-hydrogen) atoms. The fourth-order valence-corrected chi connectivity index (χ4v) is 3.35. The topological polar surface area (TPSA) is 107 Å². The molecule has 1 aromatic carbocycles. The predicted octanol–water partition coefficient (Wildman–Crippen LogP) is 3.94. The monoisotopic (exact) mass is 455 g/mol. The number of methoxy groups -OCH3 is 1. The smallest absolute Gasteiger partial charge is 0.495 e. The van der Waals surface area contributed by atoms with Crippen LogP contribution in [0.4, 0.5) is 29.6 Å². The first-order valence-corrected chi connectivity index (χ1v) is 9.94. The van der Waals surface area contributed by atoms with Crippen LogP contribution in [-0.4, -0.2) is 48.7 Å². The number of hydrogen-bond donors (Lipinski definition) is 3. The summed E-state index contributed by atoms with van der Waals surface area (Å²) in [5.74, 6) is 0.691. The Morgan fingerprint density at radius 3 is 2.56 bits per heavy atom. The van der Waals surface area contributed by atoms with E-state index >= 15 is 0 Å². The van der Waals surface area contributed by atoms with Crippen molar-refractivity contribution in [3.63, 3.8) is 0 Å². The minimum Gasteiger partial charge on any atom is -0.495 e. The average Bonchev–Trinajstić information content (AvgIpc) is 2.74. The number of nitrogens with zero attached hydrogens (tertiary/aromatic N) is 2. The Morgan fingerprint density at radius 1 is 1.16 bits per heavy atom. The molecule has 0 radical (unpaired) electrons. The summed E-state index contributed by atoms with van der Waals surface area (Å²) in [5, 5.41) is 8.20. The minimum absolute atomic E-state index is 0.0352. The maximum Gasteiger partial charge on any atom is 0.573 e. The molecule has 9 nitrogen and oxygen atoms in total. The van der Waals surface area contributed by atoms with E-state index in [-0.39, 0.29) is 23.6 Å². The first-order chi connectivity index (χ1) is 15.3. The number of aromatic nitrogens is 2. The lowest BCUT2D eigenvalue weighted by molar-refractivity contribution is -0.274. The number of hydrogen-bond acceptors (Lipinski definition) is 7. The zero-order chi connectivity index (χ0) is 23.1. The van der Waals surface area contributed by atoms with E-state index in [9.17, 15) is 18.0 Å². The Labute approximate surface area is 182 Å². The summed E-state index contributed by atoms with van der Waals surface area (Å²) in [7, 11) is 3.07. The Kier molecular flexibility index (Phi) is 7.44. The third-order valence-electron chi connectivity index (χ3n) is 4.80. The molecule has 12 heteroatoms. The van der Waals surface area contributed by atoms with Gasteiger partial charge in [-0.05, 0) is 37.8 Å². The summed E-state index contributed by atoms with van der Waals surface area (Å²) in [5.41, 5.74) is 0.0628. The van der Waals surface area contributed by atoms with Gasteiger partial charge in [-0.2, -0.15) is 4.98 Å². The molecule has 0 spiro atoms. The Balaban J connectivity index is 1.51. The third-order valence-corrected chi connectivity index (χ3v) is 4.80. The molecule has 3 N–H and O–H groups in total. The van der Waals surface area contributed by atoms with Gasteiger partial charge in [0.15, 0.2) is 0 Å². The Morgan fingerprint density at radius 2 is 1.91 bits per heavy atom. The Hall–Kier alpha value is -3.44. The number of benzene rings is 1. The van der Waals surface area contributed by atoms with E-state index < -0.39 is 18.1 Å². The van der Waals surface area contributed by atoms with Gasteiger partial charge in [0.1, 0.15) is 17.6 Å². The van der Waals surface area contributed by atoms with Crippen LogP contribution in [0.15, 0.2) is 30.5 Å². The van der Waals surface area contributed by atoms with E-state index in [0.29, 0.717) is 37.5 Å². The van der Waals surface area contributed by atoms with Gasteiger partial charge in [-0.3, -0.25) is 0 Å². The van der Waals surface area contributed by atoms with Gasteiger partial charge in [-0.15, -0.1) is 13.2 Å². The number of anilines is 2. The molecule has 1 aliphatic rings. The average molecular weight is 455 g/mol. The van der Waals surface area contributed by atoms with E-state index in [4.69, 9.17) is 9.47 Å². The maximum atomic E-state index is 12.5. The van der Waals surface area contributed by atoms with Crippen LogP contribution >= 0.6 is 0 Å². The molecule has 1 saturated carbocycles. The molecule has 0 saturated heterocycles. The zero-order valence-corrected chi connectivity index (χ0v) is 17.5. The summed E-state index contributed by atoms with van der Waals surface area (Å²) in [6.45, 7) is 0. The summed E-state index contributed by atoms with van der Waals surface area (Å²) < 4.78 is 52.3. The second kappa shape index (κ2) is 10.2. The van der Waals surface area contributed by atoms with Crippen molar-refractivity contribution >= 4 is 17.7 Å². The first kappa shape index (κ1) is 23.2. The maximum absolute atomic E-state index is 12.5. The van der Waals surface area contributed by atoms with Crippen molar-refractivity contribution in [3.8, 4) is 17.4 Å². The summed E-state index contributed by atoms with van der Waals surface area (Å²) in [6, 6.07) is 4.47. The standard InChI is InChI=1S/C20H24F3N5O4/c1-24-18-25-10-9-17(28-18)31-13-5-3-12(4-6-13)26-19(29)27-15-11-14(32-20(21,22)23)7-8-16(15)30-2/h7-13H,3-6H2,1-2H3,(H,24,25,28)(H2,26,27,29). The zero-order valence-electron chi connectivity index (χ0n) is 17.5. The van der Waals surface area contributed by atoms with Crippen molar-refractivity contribution in [2.45, 2.75) is 44.2 Å². The molecule has 1 aromatic heterocycles. The van der Waals surface area contributed by atoms with Gasteiger partial charge < -0.3 is 30.2 Å². The fraction of sp³-hybridized carbons (Fsp3) is 0.450. The summed E-state index contributed by atoms with van der Waals surface area (Å²) >= 11 is 0. The van der Waals surface area contributed by atoms with E-state index in [1.54, 1.807) is 19.3 Å². The number of carbonyl (C=O) groups is 1. The van der Waals surface area contributed by atoms with Crippen molar-refractivity contribution in [1.29, 1.82) is 0 Å². The van der Waals surface area contributed by atoms with Crippen LogP contribution in [0.1, 0.15) is 25.7 Å². The fourth-order valence-electron chi connectivity index (χ4n) is 3.35. The molecule has 1 fully saturated rings. The van der Waals surface area contributed by atoms with Crippen molar-refractivity contribution in [1.82, 2.24) is 15.3 Å². The SMILES string of the molecule is CNc1nccc(OC2CCC(NC(=O)Nc3cc(OC(F)(F)F)ccc3OC)CC2)n1. The highest BCUT2D eigenvalue weighted by Crippen LogP contribution is 2.32. The first-order valence-electron chi connectivity index (χ1n) is 9.94. The van der Waals surface area contributed by atoms with Crippen LogP contribution in [-0.2, 0) is 0 Å². The lowest BCUT2D eigenvalue weighted by atomic mass is 9.93. The highest BCUT2D eigenvalue weighted by molar-refractivity contribution is 5.91. The number of nitrogens with one attached hydrogen (secondary N) is 3. The lowest BCUT2D eigenvalue weighted by Crippen LogP contribution is -2.41. The molecule has 1 aliphatic carbocycles. The number of carbonyl (C=O) groups excluding carboxylic acids is 1. The molecular weight excluding hydrogens is 431 g/mol. The largest absolute Gasteiger partial charge is 0.573 e. The van der Waals surface area contributed by atoms with Gasteiger partial charge in [0.25, 0.3) is 0 Å². The van der Waals surface area contributed by atoms with Crippen LogP contribution in [0.5, 0.6) is 17.4 Å². The molecule has 2 aromatic rings. The molecule has 0 unspecified atom stereocenters. The highest BCUT2D eigenvalue weighted by atomic mass is 19.4. The second-order valence-corrected chi connectivity index (χ2v) is 7.07. The van der Waals surface area contributed by atoms with Crippen molar-refractivity contribution in [2.24, 2.45) is 0 Å². The van der Waals surface area contributed by atoms with E-state index in [0.717, 1.165) is 12.1 Å². The quantitative estimate of drug-likeness (QED) is 0.581. The highest BCUT2D eigenvalue weighted by Gasteiger charge is 2.31. The Bertz CT molecular complexity index is 920. The second-order valence-electron chi connectivity index (χ2n) is 7.07. The number of halogens is 3. The van der Waals surface area contributed by atoms with Gasteiger partial charge >= 0.3 is 12.4 Å². The summed E-state index contributed by atoms with van der Waals surface area (Å²) in [6.07, 6.45) is -0.493. The number of alkyl halides is 3. The van der Waals surface area contributed by atoms with Crippen LogP contribution in [0.25, 0.3) is 0 Å². The van der Waals surface area contributed by atoms with Gasteiger partial charge in [-0.25, -0.2) is 9.78 Å². The van der Waals surface area contributed by atoms with Crippen molar-refractivity contribution in [3.05, 3.63) is 30.5 Å². The van der Waals surface area contributed by atoms with Crippen molar-refractivity contribution < 1.29 is 32.2 Å². The van der Waals surface area contributed by atoms with Crippen LogP contribution in [0.2, 0.25) is 0 Å². The molecule has 0 atom stereocenters. The van der Waals surface area contributed by atoms with Gasteiger partial charge in [-0.1, -0.05) is 0 Å². The third kappa shape index (κ3) is 6.79. The van der Waals surface area contributed by atoms with Crippen LogP contribution in [0.3, 0.4) is 0 Å². The number of rotatable bonds is 7. The molecule has 3 rings (SSSR count). The molecular formula is C20H24F3N5O4. The molecule has 0 bridgehead atoms. The van der Waals surface area contributed by atoms with Crippen LogP contribution < -0.4 is 30.2 Å². The van der Waals surface area contributed by atoms with Gasteiger partial charge in [0.05, 0.1) is 12.8 Å². The summed E-state index contributed by atoms with van der Waals surface area (Å²) in [4.78, 5) is 20.7. The number of urea groups is 1. The lowest BCUT2D eigenvalue weighted by Gasteiger charge is -2.29. The molecule has 174 valence electrons. The van der Waals surface area contributed by atoms with Gasteiger partial charge in [0, 0.05) is 31.4 Å². The molecule has 0 aliphatic heterocycles. The van der Waals surface area contributed by atoms with E-state index in [1.165, 1.54) is 13.2 Å². The van der Waals surface area contributed by atoms with E-state index in [1.807, 2.05) is 0 Å². The van der Waals surface area contributed by atoms with Crippen molar-refractivity contribution in [2.75, 3.05) is 24.8 Å². The minimum atomic E-state index is -4.84. The van der Waals surface area contributed by atoms with E-state index in [2.05, 4.69) is 30.7 Å². The molecule has 2 amide bonds.